The number of fused-ring (bicyclic) bond motifs is 3. The molecule has 3 aromatic rings. The third kappa shape index (κ3) is 2.79. The lowest BCUT2D eigenvalue weighted by atomic mass is 9.89. The van der Waals surface area contributed by atoms with Gasteiger partial charge in [-0.1, -0.05) is 6.92 Å². The number of nitrogens with zero attached hydrogens (tertiary/aromatic N) is 4. The van der Waals surface area contributed by atoms with Gasteiger partial charge in [0.2, 0.25) is 0 Å². The van der Waals surface area contributed by atoms with Gasteiger partial charge in [0.05, 0.1) is 16.6 Å². The average molecular weight is 385 g/mol. The fourth-order valence-corrected chi connectivity index (χ4v) is 5.30. The van der Waals surface area contributed by atoms with Gasteiger partial charge in [0.25, 0.3) is 11.5 Å². The number of aromatic nitrogens is 4. The predicted molar refractivity (Wildman–Crippen MR) is 106 cm³/mol. The maximum absolute atomic E-state index is 13.2. The van der Waals surface area contributed by atoms with E-state index in [2.05, 4.69) is 22.4 Å². The molecule has 3 heterocycles. The van der Waals surface area contributed by atoms with Gasteiger partial charge in [0, 0.05) is 17.6 Å². The topological polar surface area (TPSA) is 81.8 Å². The van der Waals surface area contributed by atoms with Crippen molar-refractivity contribution in [3.63, 3.8) is 0 Å². The molecule has 1 atom stereocenters. The van der Waals surface area contributed by atoms with Crippen LogP contribution < -0.4 is 11.0 Å². The van der Waals surface area contributed by atoms with Crippen molar-refractivity contribution in [2.75, 3.05) is 5.43 Å². The number of thiophene rings is 1. The fourth-order valence-electron chi connectivity index (χ4n) is 3.88. The van der Waals surface area contributed by atoms with Crippen molar-refractivity contribution in [2.24, 2.45) is 13.0 Å². The van der Waals surface area contributed by atoms with E-state index in [1.165, 1.54) is 9.55 Å². The van der Waals surface area contributed by atoms with Gasteiger partial charge in [-0.15, -0.1) is 11.3 Å². The normalized spacial score (nSPS) is 16.6. The average Bonchev–Trinajstić information content (AvgIpc) is 3.07. The predicted octanol–water partition coefficient (Wildman–Crippen LogP) is 2.63. The molecule has 1 amide bonds. The smallest absolute Gasteiger partial charge is 0.272 e. The second-order valence-electron chi connectivity index (χ2n) is 7.44. The van der Waals surface area contributed by atoms with E-state index in [1.54, 1.807) is 36.9 Å². The summed E-state index contributed by atoms with van der Waals surface area (Å²) in [5.41, 5.74) is 5.54. The van der Waals surface area contributed by atoms with Gasteiger partial charge in [-0.3, -0.25) is 19.7 Å². The number of rotatable bonds is 2. The Balaban J connectivity index is 1.80. The summed E-state index contributed by atoms with van der Waals surface area (Å²) >= 11 is 1.61. The molecule has 1 aliphatic carbocycles. The zero-order valence-electron chi connectivity index (χ0n) is 16.2. The second-order valence-corrected chi connectivity index (χ2v) is 8.53. The third-order valence-corrected chi connectivity index (χ3v) is 6.59. The van der Waals surface area contributed by atoms with Crippen LogP contribution in [0.1, 0.15) is 51.4 Å². The molecule has 7 nitrogen and oxygen atoms in total. The zero-order valence-corrected chi connectivity index (χ0v) is 17.0. The van der Waals surface area contributed by atoms with Gasteiger partial charge in [-0.25, -0.2) is 9.66 Å². The molecule has 0 saturated carbocycles. The summed E-state index contributed by atoms with van der Waals surface area (Å²) < 4.78 is 2.94. The molecule has 0 saturated heterocycles. The summed E-state index contributed by atoms with van der Waals surface area (Å²) in [6.07, 6.45) is 2.97. The Kier molecular flexibility index (Phi) is 4.18. The molecule has 0 bridgehead atoms. The molecule has 4 rings (SSSR count). The van der Waals surface area contributed by atoms with E-state index in [0.717, 1.165) is 35.4 Å². The molecule has 142 valence electrons. The Morgan fingerprint density at radius 3 is 2.70 bits per heavy atom. The van der Waals surface area contributed by atoms with E-state index in [1.807, 2.05) is 6.92 Å². The molecule has 0 spiro atoms. The summed E-state index contributed by atoms with van der Waals surface area (Å²) in [4.78, 5) is 32.7. The van der Waals surface area contributed by atoms with Crippen molar-refractivity contribution in [1.29, 1.82) is 0 Å². The van der Waals surface area contributed by atoms with Crippen LogP contribution in [0, 0.1) is 26.7 Å². The molecule has 8 heteroatoms. The SMILES string of the molecule is Cc1nn(C)c(C)c1C(=O)Nn1c(C)nc2sc3c(c2c1=O)CC[C@H](C)C3. The van der Waals surface area contributed by atoms with E-state index < -0.39 is 0 Å². The Morgan fingerprint density at radius 1 is 1.30 bits per heavy atom. The lowest BCUT2D eigenvalue weighted by Crippen LogP contribution is -2.36. The summed E-state index contributed by atoms with van der Waals surface area (Å²) in [5, 5.41) is 4.94. The molecule has 0 fully saturated rings. The molecular weight excluding hydrogens is 362 g/mol. The van der Waals surface area contributed by atoms with Crippen LogP contribution in [-0.4, -0.2) is 25.3 Å². The Bertz CT molecular complexity index is 1140. The van der Waals surface area contributed by atoms with Crippen LogP contribution in [0.25, 0.3) is 10.2 Å². The summed E-state index contributed by atoms with van der Waals surface area (Å²) in [6, 6.07) is 0. The maximum atomic E-state index is 13.2. The first-order chi connectivity index (χ1) is 12.8. The summed E-state index contributed by atoms with van der Waals surface area (Å²) in [5.74, 6) is 0.763. The molecule has 0 aromatic carbocycles. The molecule has 27 heavy (non-hydrogen) atoms. The molecule has 0 unspecified atom stereocenters. The first kappa shape index (κ1) is 17.9. The largest absolute Gasteiger partial charge is 0.281 e. The quantitative estimate of drug-likeness (QED) is 0.735. The van der Waals surface area contributed by atoms with Crippen LogP contribution >= 0.6 is 11.3 Å². The van der Waals surface area contributed by atoms with Crippen molar-refractivity contribution >= 4 is 27.5 Å². The monoisotopic (exact) mass is 385 g/mol. The molecule has 3 aromatic heterocycles. The van der Waals surface area contributed by atoms with Crippen molar-refractivity contribution in [1.82, 2.24) is 19.4 Å². The van der Waals surface area contributed by atoms with Gasteiger partial charge < -0.3 is 0 Å². The number of hydrogen-bond acceptors (Lipinski definition) is 5. The molecule has 0 aliphatic heterocycles. The van der Waals surface area contributed by atoms with E-state index in [4.69, 9.17) is 0 Å². The van der Waals surface area contributed by atoms with E-state index in [0.29, 0.717) is 28.4 Å². The van der Waals surface area contributed by atoms with Crippen molar-refractivity contribution in [3.05, 3.63) is 43.6 Å². The Hall–Kier alpha value is -2.48. The van der Waals surface area contributed by atoms with Gasteiger partial charge in [-0.05, 0) is 51.5 Å². The van der Waals surface area contributed by atoms with Crippen LogP contribution in [-0.2, 0) is 19.9 Å². The van der Waals surface area contributed by atoms with E-state index in [9.17, 15) is 9.59 Å². The van der Waals surface area contributed by atoms with Crippen LogP contribution in [0.4, 0.5) is 0 Å². The number of amides is 1. The molecule has 1 N–H and O–H groups in total. The van der Waals surface area contributed by atoms with Crippen molar-refractivity contribution < 1.29 is 4.79 Å². The number of carbonyl (C=O) groups excluding carboxylic acids is 1. The van der Waals surface area contributed by atoms with Crippen molar-refractivity contribution in [3.8, 4) is 0 Å². The van der Waals surface area contributed by atoms with Crippen molar-refractivity contribution in [2.45, 2.75) is 47.0 Å². The first-order valence-corrected chi connectivity index (χ1v) is 9.95. The highest BCUT2D eigenvalue weighted by atomic mass is 32.1. The lowest BCUT2D eigenvalue weighted by Gasteiger charge is -2.17. The van der Waals surface area contributed by atoms with Gasteiger partial charge in [0.15, 0.2) is 0 Å². The number of nitrogens with one attached hydrogen (secondary N) is 1. The Morgan fingerprint density at radius 2 is 2.04 bits per heavy atom. The number of hydrogen-bond donors (Lipinski definition) is 1. The summed E-state index contributed by atoms with van der Waals surface area (Å²) in [7, 11) is 1.79. The maximum Gasteiger partial charge on any atom is 0.281 e. The molecule has 1 aliphatic rings. The minimum atomic E-state index is -0.345. The van der Waals surface area contributed by atoms with Gasteiger partial charge in [-0.2, -0.15) is 5.10 Å². The highest BCUT2D eigenvalue weighted by Gasteiger charge is 2.25. The standard InChI is InChI=1S/C19H23N5O2S/c1-9-6-7-13-14(8-9)27-18-16(13)19(26)24(12(4)20-18)22-17(25)15-10(2)21-23(5)11(15)3/h9H,6-8H2,1-5H3,(H,22,25)/t9-/m0/s1. The van der Waals surface area contributed by atoms with Gasteiger partial charge >= 0.3 is 0 Å². The minimum absolute atomic E-state index is 0.197. The van der Waals surface area contributed by atoms with Crippen LogP contribution in [0.5, 0.6) is 0 Å². The van der Waals surface area contributed by atoms with Crippen LogP contribution in [0.2, 0.25) is 0 Å². The fraction of sp³-hybridized carbons (Fsp3) is 0.474. The van der Waals surface area contributed by atoms with E-state index >= 15 is 0 Å². The minimum Gasteiger partial charge on any atom is -0.272 e. The van der Waals surface area contributed by atoms with Crippen LogP contribution in [0.15, 0.2) is 4.79 Å². The Labute approximate surface area is 161 Å². The van der Waals surface area contributed by atoms with E-state index in [-0.39, 0.29) is 11.5 Å². The number of aryl methyl sites for hydroxylation is 4. The zero-order chi connectivity index (χ0) is 19.5. The highest BCUT2D eigenvalue weighted by Crippen LogP contribution is 2.35. The first-order valence-electron chi connectivity index (χ1n) is 9.13. The summed E-state index contributed by atoms with van der Waals surface area (Å²) in [6.45, 7) is 7.60. The lowest BCUT2D eigenvalue weighted by molar-refractivity contribution is 0.100. The highest BCUT2D eigenvalue weighted by molar-refractivity contribution is 7.18. The number of carbonyl (C=O) groups is 1. The second kappa shape index (κ2) is 6.30. The van der Waals surface area contributed by atoms with Crippen LogP contribution in [0.3, 0.4) is 0 Å². The molecular formula is C19H23N5O2S. The third-order valence-electron chi connectivity index (χ3n) is 5.45. The molecule has 0 radical (unpaired) electrons. The van der Waals surface area contributed by atoms with Gasteiger partial charge in [0.1, 0.15) is 10.7 Å².